The van der Waals surface area contributed by atoms with Crippen LogP contribution in [0.4, 0.5) is 0 Å². The fraction of sp³-hybridized carbons (Fsp3) is 0.444. The molecule has 0 unspecified atom stereocenters. The maximum Gasteiger partial charge on any atom is 0.256 e. The first-order valence-electron chi connectivity index (χ1n) is 11.9. The fourth-order valence-electron chi connectivity index (χ4n) is 4.81. The number of amides is 3. The maximum atomic E-state index is 13.6. The molecule has 8 heteroatoms. The van der Waals surface area contributed by atoms with E-state index in [1.54, 1.807) is 23.8 Å². The van der Waals surface area contributed by atoms with Gasteiger partial charge in [0, 0.05) is 16.9 Å². The van der Waals surface area contributed by atoms with E-state index in [-0.39, 0.29) is 29.0 Å². The monoisotopic (exact) mass is 495 g/mol. The van der Waals surface area contributed by atoms with Crippen LogP contribution in [-0.4, -0.2) is 46.6 Å². The molecule has 3 amide bonds. The molecule has 35 heavy (non-hydrogen) atoms. The summed E-state index contributed by atoms with van der Waals surface area (Å²) in [6, 6.07) is 13.6. The Kier molecular flexibility index (Phi) is 7.12. The van der Waals surface area contributed by atoms with Gasteiger partial charge in [0.25, 0.3) is 5.91 Å². The van der Waals surface area contributed by atoms with Gasteiger partial charge in [-0.1, -0.05) is 44.2 Å². The van der Waals surface area contributed by atoms with Crippen molar-refractivity contribution in [2.75, 3.05) is 7.11 Å². The number of methoxy groups -OCH3 is 1. The van der Waals surface area contributed by atoms with E-state index in [1.165, 1.54) is 0 Å². The lowest BCUT2D eigenvalue weighted by Gasteiger charge is -2.31. The highest BCUT2D eigenvalue weighted by molar-refractivity contribution is 8.01. The molecule has 186 valence electrons. The molecule has 0 aromatic heterocycles. The van der Waals surface area contributed by atoms with Crippen LogP contribution in [0.25, 0.3) is 0 Å². The molecular formula is C27H33N3O4S. The Morgan fingerprint density at radius 1 is 1.11 bits per heavy atom. The fourth-order valence-corrected chi connectivity index (χ4v) is 6.40. The van der Waals surface area contributed by atoms with E-state index in [4.69, 9.17) is 4.74 Å². The lowest BCUT2D eigenvalue weighted by atomic mass is 9.98. The summed E-state index contributed by atoms with van der Waals surface area (Å²) >= 11 is 1.61. The Labute approximate surface area is 211 Å². The van der Waals surface area contributed by atoms with Crippen molar-refractivity contribution in [1.29, 1.82) is 0 Å². The zero-order valence-corrected chi connectivity index (χ0v) is 21.6. The summed E-state index contributed by atoms with van der Waals surface area (Å²) < 4.78 is 4.68. The quantitative estimate of drug-likeness (QED) is 0.580. The van der Waals surface area contributed by atoms with Gasteiger partial charge in [0.2, 0.25) is 11.8 Å². The van der Waals surface area contributed by atoms with Crippen molar-refractivity contribution >= 4 is 29.5 Å². The largest absolute Gasteiger partial charge is 0.497 e. The van der Waals surface area contributed by atoms with E-state index in [0.29, 0.717) is 18.5 Å². The summed E-state index contributed by atoms with van der Waals surface area (Å²) in [5.41, 5.74) is 2.53. The van der Waals surface area contributed by atoms with E-state index < -0.39 is 16.8 Å². The molecule has 1 saturated heterocycles. The first-order chi connectivity index (χ1) is 16.6. The Morgan fingerprint density at radius 3 is 2.46 bits per heavy atom. The van der Waals surface area contributed by atoms with Crippen molar-refractivity contribution in [3.63, 3.8) is 0 Å². The Balaban J connectivity index is 1.48. The lowest BCUT2D eigenvalue weighted by Crippen LogP contribution is -2.57. The number of ether oxygens (including phenoxy) is 1. The van der Waals surface area contributed by atoms with Crippen molar-refractivity contribution in [3.8, 4) is 5.75 Å². The summed E-state index contributed by atoms with van der Waals surface area (Å²) in [6.07, 6.45) is 0.498. The highest BCUT2D eigenvalue weighted by Crippen LogP contribution is 2.56. The van der Waals surface area contributed by atoms with Crippen LogP contribution in [0.1, 0.15) is 61.0 Å². The van der Waals surface area contributed by atoms with Gasteiger partial charge in [-0.15, -0.1) is 11.8 Å². The number of thioether (sulfide) groups is 1. The third-order valence-corrected chi connectivity index (χ3v) is 8.05. The molecular weight excluding hydrogens is 462 g/mol. The Hall–Kier alpha value is -3.00. The summed E-state index contributed by atoms with van der Waals surface area (Å²) in [6.45, 7) is 8.35. The second kappa shape index (κ2) is 9.93. The number of fused-ring (bicyclic) bond motifs is 3. The summed E-state index contributed by atoms with van der Waals surface area (Å²) in [4.78, 5) is 41.7. The molecule has 0 aliphatic carbocycles. The summed E-state index contributed by atoms with van der Waals surface area (Å²) in [5.74, 6) is 0.283. The molecule has 7 nitrogen and oxygen atoms in total. The molecule has 2 aliphatic heterocycles. The van der Waals surface area contributed by atoms with Crippen LogP contribution < -0.4 is 15.4 Å². The van der Waals surface area contributed by atoms with Crippen LogP contribution in [0.2, 0.25) is 0 Å². The van der Waals surface area contributed by atoms with E-state index in [1.807, 2.05) is 76.2 Å². The van der Waals surface area contributed by atoms with Gasteiger partial charge in [0.1, 0.15) is 23.2 Å². The van der Waals surface area contributed by atoms with Gasteiger partial charge < -0.3 is 20.3 Å². The molecule has 2 aromatic carbocycles. The van der Waals surface area contributed by atoms with Gasteiger partial charge in [-0.3, -0.25) is 14.4 Å². The van der Waals surface area contributed by atoms with E-state index in [0.717, 1.165) is 16.9 Å². The number of carbonyl (C=O) groups is 3. The average Bonchev–Trinajstić information content (AvgIpc) is 3.26. The van der Waals surface area contributed by atoms with Gasteiger partial charge in [-0.2, -0.15) is 0 Å². The van der Waals surface area contributed by atoms with Gasteiger partial charge in [0.05, 0.1) is 7.11 Å². The van der Waals surface area contributed by atoms with Crippen molar-refractivity contribution in [1.82, 2.24) is 15.5 Å². The van der Waals surface area contributed by atoms with Crippen LogP contribution >= 0.6 is 11.8 Å². The lowest BCUT2D eigenvalue weighted by molar-refractivity contribution is -0.132. The molecule has 2 aliphatic rings. The van der Waals surface area contributed by atoms with Crippen molar-refractivity contribution in [3.05, 3.63) is 65.2 Å². The van der Waals surface area contributed by atoms with Crippen molar-refractivity contribution < 1.29 is 19.1 Å². The zero-order chi connectivity index (χ0) is 25.3. The standard InChI is InChI=1S/C27H33N3O4S/c1-16(2)14-21(23(31)28-15-17-10-12-18(34-5)13-11-17)29-24(32)22-27(3,4)35-26-20-9-7-6-8-19(20)25(33)30(22)26/h6-13,16,21-22,26H,14-15H2,1-5H3,(H,28,31)(H,29,32)/t21-,22-,26-/m0/s1. The number of nitrogens with one attached hydrogen (secondary N) is 2. The SMILES string of the molecule is COc1ccc(CNC(=O)[C@H](CC(C)C)NC(=O)[C@@H]2N3C(=O)c4ccccc4[C@@H]3SC2(C)C)cc1. The maximum absolute atomic E-state index is 13.6. The normalized spacial score (nSPS) is 20.9. The number of hydrogen-bond donors (Lipinski definition) is 2. The Morgan fingerprint density at radius 2 is 1.80 bits per heavy atom. The van der Waals surface area contributed by atoms with Crippen LogP contribution in [0.15, 0.2) is 48.5 Å². The predicted molar refractivity (Wildman–Crippen MR) is 137 cm³/mol. The average molecular weight is 496 g/mol. The predicted octanol–water partition coefficient (Wildman–Crippen LogP) is 3.89. The smallest absolute Gasteiger partial charge is 0.256 e. The van der Waals surface area contributed by atoms with E-state index in [2.05, 4.69) is 10.6 Å². The summed E-state index contributed by atoms with van der Waals surface area (Å²) in [7, 11) is 1.61. The van der Waals surface area contributed by atoms with Crippen LogP contribution in [0.3, 0.4) is 0 Å². The van der Waals surface area contributed by atoms with E-state index >= 15 is 0 Å². The molecule has 2 heterocycles. The van der Waals surface area contributed by atoms with Crippen LogP contribution in [0.5, 0.6) is 5.75 Å². The molecule has 0 saturated carbocycles. The minimum Gasteiger partial charge on any atom is -0.497 e. The molecule has 2 aromatic rings. The number of rotatable bonds is 8. The second-order valence-electron chi connectivity index (χ2n) is 10.0. The van der Waals surface area contributed by atoms with E-state index in [9.17, 15) is 14.4 Å². The molecule has 0 radical (unpaired) electrons. The molecule has 2 N–H and O–H groups in total. The Bertz CT molecular complexity index is 1120. The number of carbonyl (C=O) groups excluding carboxylic acids is 3. The van der Waals surface area contributed by atoms with Crippen LogP contribution in [0, 0.1) is 5.92 Å². The molecule has 0 spiro atoms. The minimum atomic E-state index is -0.694. The number of hydrogen-bond acceptors (Lipinski definition) is 5. The van der Waals surface area contributed by atoms with Crippen molar-refractivity contribution in [2.24, 2.45) is 5.92 Å². The minimum absolute atomic E-state index is 0.131. The van der Waals surface area contributed by atoms with Crippen LogP contribution in [-0.2, 0) is 16.1 Å². The first-order valence-corrected chi connectivity index (χ1v) is 12.8. The van der Waals surface area contributed by atoms with Gasteiger partial charge in [-0.05, 0) is 55.5 Å². The highest BCUT2D eigenvalue weighted by atomic mass is 32.2. The third kappa shape index (κ3) is 5.03. The number of benzene rings is 2. The topological polar surface area (TPSA) is 87.7 Å². The molecule has 3 atom stereocenters. The highest BCUT2D eigenvalue weighted by Gasteiger charge is 2.57. The molecule has 0 bridgehead atoms. The summed E-state index contributed by atoms with van der Waals surface area (Å²) in [5, 5.41) is 5.73. The molecule has 4 rings (SSSR count). The third-order valence-electron chi connectivity index (χ3n) is 6.51. The first kappa shape index (κ1) is 25.1. The van der Waals surface area contributed by atoms with Gasteiger partial charge in [0.15, 0.2) is 0 Å². The van der Waals surface area contributed by atoms with Gasteiger partial charge >= 0.3 is 0 Å². The zero-order valence-electron chi connectivity index (χ0n) is 20.8. The second-order valence-corrected chi connectivity index (χ2v) is 11.8. The number of nitrogens with zero attached hydrogens (tertiary/aromatic N) is 1. The van der Waals surface area contributed by atoms with Gasteiger partial charge in [-0.25, -0.2) is 0 Å². The van der Waals surface area contributed by atoms with Crippen molar-refractivity contribution in [2.45, 2.75) is 62.9 Å². The molecule has 1 fully saturated rings.